The van der Waals surface area contributed by atoms with Gasteiger partial charge in [0.15, 0.2) is 0 Å². The fourth-order valence-corrected chi connectivity index (χ4v) is 3.37. The topological polar surface area (TPSA) is 17.6 Å². The van der Waals surface area contributed by atoms with Crippen LogP contribution in [0.3, 0.4) is 0 Å². The van der Waals surface area contributed by atoms with Gasteiger partial charge in [-0.3, -0.25) is 0 Å². The molecule has 160 valence electrons. The van der Waals surface area contributed by atoms with Gasteiger partial charge in [-0.2, -0.15) is 0 Å². The number of unbranched alkanes of at least 4 members (excludes halogenated alkanes) is 8. The highest BCUT2D eigenvalue weighted by Gasteiger charge is 2.04. The summed E-state index contributed by atoms with van der Waals surface area (Å²) in [7, 11) is 0. The smallest absolute Gasteiger partial charge is 0.248 e. The van der Waals surface area contributed by atoms with Crippen LogP contribution >= 0.6 is 0 Å². The van der Waals surface area contributed by atoms with Gasteiger partial charge in [-0.1, -0.05) is 39.2 Å². The van der Waals surface area contributed by atoms with E-state index in [1.165, 1.54) is 70.8 Å². The third kappa shape index (κ3) is 11.2. The van der Waals surface area contributed by atoms with Gasteiger partial charge in [-0.15, -0.1) is 0 Å². The Morgan fingerprint density at radius 1 is 0.750 bits per heavy atom. The number of rotatable bonds is 15. The Labute approximate surface area is 192 Å². The Morgan fingerprint density at radius 2 is 1.32 bits per heavy atom. The summed E-state index contributed by atoms with van der Waals surface area (Å²) in [5.74, 6) is 0. The molecule has 2 aromatic rings. The van der Waals surface area contributed by atoms with Gasteiger partial charge in [-0.25, -0.2) is 18.3 Å². The number of halogens is 2. The van der Waals surface area contributed by atoms with Crippen LogP contribution in [0.2, 0.25) is 0 Å². The van der Waals surface area contributed by atoms with Crippen LogP contribution in [-0.2, 0) is 19.6 Å². The molecule has 0 bridgehead atoms. The Bertz CT molecular complexity index is 622. The quantitative estimate of drug-likeness (QED) is 0.204. The first-order chi connectivity index (χ1) is 12.8. The summed E-state index contributed by atoms with van der Waals surface area (Å²) >= 11 is 0. The maximum Gasteiger partial charge on any atom is 0.248 e. The number of hydrogen-bond acceptors (Lipinski definition) is 0. The molecule has 0 radical (unpaired) electrons. The number of hydrogen-bond donors (Lipinski definition) is 0. The third-order valence-electron chi connectivity index (χ3n) is 5.02. The molecule has 0 aliphatic rings. The van der Waals surface area contributed by atoms with Crippen molar-refractivity contribution in [3.05, 3.63) is 44.0 Å². The predicted octanol–water partition coefficient (Wildman–Crippen LogP) is -1.41. The van der Waals surface area contributed by atoms with E-state index in [0.717, 1.165) is 13.1 Å². The summed E-state index contributed by atoms with van der Waals surface area (Å²) < 4.78 is 8.92. The molecule has 0 spiro atoms. The molecule has 2 rings (SSSR count). The van der Waals surface area contributed by atoms with Crippen LogP contribution in [0.5, 0.6) is 0 Å². The van der Waals surface area contributed by atoms with Crippen molar-refractivity contribution < 1.29 is 43.1 Å². The molecule has 4 nitrogen and oxygen atoms in total. The molecule has 0 saturated carbocycles. The maximum atomic E-state index is 3.77. The van der Waals surface area contributed by atoms with Crippen LogP contribution in [0.15, 0.2) is 44.0 Å². The fraction of sp³-hybridized carbons (Fsp3) is 0.636. The number of aryl methyl sites for hydroxylation is 3. The monoisotopic (exact) mass is 516 g/mol. The largest absolute Gasteiger partial charge is 1.00 e. The molecule has 0 atom stereocenters. The zero-order valence-corrected chi connectivity index (χ0v) is 20.7. The van der Waals surface area contributed by atoms with Crippen molar-refractivity contribution in [1.82, 2.24) is 9.13 Å². The van der Waals surface area contributed by atoms with E-state index in [4.69, 9.17) is 0 Å². The Kier molecular flexibility index (Phi) is 16.5. The molecule has 0 amide bonds. The summed E-state index contributed by atoms with van der Waals surface area (Å²) in [6.45, 7) is 9.46. The average molecular weight is 518 g/mol. The van der Waals surface area contributed by atoms with Crippen LogP contribution in [-0.4, -0.2) is 9.13 Å². The molecule has 2 aromatic heterocycles. The summed E-state index contributed by atoms with van der Waals surface area (Å²) in [6, 6.07) is 0. The molecular formula is C22H38Br2N4. The predicted molar refractivity (Wildman–Crippen MR) is 107 cm³/mol. The van der Waals surface area contributed by atoms with Crippen molar-refractivity contribution in [1.29, 1.82) is 0 Å². The lowest BCUT2D eigenvalue weighted by Gasteiger charge is -2.00. The van der Waals surface area contributed by atoms with Gasteiger partial charge in [0.2, 0.25) is 12.7 Å². The lowest BCUT2D eigenvalue weighted by Crippen LogP contribution is -3.00. The zero-order chi connectivity index (χ0) is 18.5. The van der Waals surface area contributed by atoms with Gasteiger partial charge in [0.1, 0.15) is 24.8 Å². The Morgan fingerprint density at radius 3 is 1.96 bits per heavy atom. The van der Waals surface area contributed by atoms with E-state index in [1.807, 2.05) is 17.0 Å². The van der Waals surface area contributed by atoms with Gasteiger partial charge < -0.3 is 34.0 Å². The van der Waals surface area contributed by atoms with Crippen LogP contribution in [0.25, 0.3) is 6.20 Å². The molecule has 0 fully saturated rings. The lowest BCUT2D eigenvalue weighted by atomic mass is 10.1. The molecule has 0 N–H and O–H groups in total. The molecule has 2 heterocycles. The van der Waals surface area contributed by atoms with Gasteiger partial charge in [0, 0.05) is 0 Å². The molecular weight excluding hydrogens is 480 g/mol. The number of imidazole rings is 2. The standard InChI is InChI=1S/C22H38N4.2BrH/c1-3-5-6-7-8-11-15-25-19-20-26(22-25)16-13-10-9-12-14-24-18-17-23(4-2)21-24;;/h4,17-22H,2-3,5-16H2,1H3;2*1H/q+2;;/p-2. The van der Waals surface area contributed by atoms with Crippen molar-refractivity contribution in [2.45, 2.75) is 90.8 Å². The van der Waals surface area contributed by atoms with E-state index >= 15 is 0 Å². The van der Waals surface area contributed by atoms with Crippen LogP contribution in [0.4, 0.5) is 0 Å². The second kappa shape index (κ2) is 17.0. The van der Waals surface area contributed by atoms with Gasteiger partial charge >= 0.3 is 0 Å². The molecule has 28 heavy (non-hydrogen) atoms. The second-order valence-corrected chi connectivity index (χ2v) is 7.35. The van der Waals surface area contributed by atoms with Crippen LogP contribution in [0.1, 0.15) is 71.1 Å². The summed E-state index contributed by atoms with van der Waals surface area (Å²) in [5.41, 5.74) is 0. The maximum absolute atomic E-state index is 3.77. The zero-order valence-electron chi connectivity index (χ0n) is 17.5. The first kappa shape index (κ1) is 27.1. The van der Waals surface area contributed by atoms with Gasteiger partial charge in [0.05, 0.1) is 25.8 Å². The first-order valence-corrected chi connectivity index (χ1v) is 10.6. The molecule has 0 aliphatic heterocycles. The van der Waals surface area contributed by atoms with E-state index in [2.05, 4.69) is 58.4 Å². The van der Waals surface area contributed by atoms with Gasteiger partial charge in [0.25, 0.3) is 0 Å². The van der Waals surface area contributed by atoms with E-state index < -0.39 is 0 Å². The Balaban J connectivity index is 0.00000364. The summed E-state index contributed by atoms with van der Waals surface area (Å²) in [4.78, 5) is 0. The SMILES string of the molecule is C=Cn1cc[n+](CCCCCCn2cc[n+](CCCCCCCC)c2)c1.[Br-].[Br-]. The van der Waals surface area contributed by atoms with Crippen molar-refractivity contribution >= 4 is 6.20 Å². The van der Waals surface area contributed by atoms with Crippen LogP contribution in [0, 0.1) is 0 Å². The molecule has 0 saturated heterocycles. The van der Waals surface area contributed by atoms with E-state index in [1.54, 1.807) is 0 Å². The third-order valence-corrected chi connectivity index (χ3v) is 5.02. The normalized spacial score (nSPS) is 10.3. The van der Waals surface area contributed by atoms with E-state index in [-0.39, 0.29) is 34.0 Å². The highest BCUT2D eigenvalue weighted by atomic mass is 79.9. The van der Waals surface area contributed by atoms with Crippen LogP contribution < -0.4 is 43.1 Å². The Hall–Kier alpha value is -0.880. The van der Waals surface area contributed by atoms with Crippen molar-refractivity contribution in [2.75, 3.05) is 0 Å². The van der Waals surface area contributed by atoms with Gasteiger partial charge in [-0.05, 0) is 38.5 Å². The number of nitrogens with zero attached hydrogens (tertiary/aromatic N) is 4. The van der Waals surface area contributed by atoms with E-state index in [9.17, 15) is 0 Å². The van der Waals surface area contributed by atoms with Crippen molar-refractivity contribution in [2.24, 2.45) is 0 Å². The average Bonchev–Trinajstić information content (AvgIpc) is 3.30. The highest BCUT2D eigenvalue weighted by Crippen LogP contribution is 2.05. The lowest BCUT2D eigenvalue weighted by molar-refractivity contribution is -0.697. The molecule has 0 aliphatic carbocycles. The molecule has 6 heteroatoms. The summed E-state index contributed by atoms with van der Waals surface area (Å²) in [6.07, 6.45) is 28.1. The minimum atomic E-state index is 0. The summed E-state index contributed by atoms with van der Waals surface area (Å²) in [5, 5.41) is 0. The van der Waals surface area contributed by atoms with Crippen molar-refractivity contribution in [3.8, 4) is 0 Å². The van der Waals surface area contributed by atoms with E-state index in [0.29, 0.717) is 0 Å². The van der Waals surface area contributed by atoms with Crippen molar-refractivity contribution in [3.63, 3.8) is 0 Å². The minimum absolute atomic E-state index is 0. The minimum Gasteiger partial charge on any atom is -1.00 e. The first-order valence-electron chi connectivity index (χ1n) is 10.6. The number of aromatic nitrogens is 4. The molecule has 0 aromatic carbocycles. The molecule has 0 unspecified atom stereocenters. The highest BCUT2D eigenvalue weighted by molar-refractivity contribution is 5.12. The second-order valence-electron chi connectivity index (χ2n) is 7.35. The fourth-order valence-electron chi connectivity index (χ4n) is 3.37.